The molecular formula is C28H32F2N6O4. The van der Waals surface area contributed by atoms with Gasteiger partial charge in [-0.2, -0.15) is 4.39 Å². The first-order valence-corrected chi connectivity index (χ1v) is 13.5. The van der Waals surface area contributed by atoms with E-state index in [0.717, 1.165) is 12.8 Å². The number of carbonyl (C=O) groups excluding carboxylic acids is 1. The second-order valence-corrected chi connectivity index (χ2v) is 11.5. The van der Waals surface area contributed by atoms with E-state index in [4.69, 9.17) is 19.2 Å². The number of ether oxygens (including phenoxy) is 3. The van der Waals surface area contributed by atoms with E-state index < -0.39 is 17.2 Å². The summed E-state index contributed by atoms with van der Waals surface area (Å²) < 4.78 is 46.2. The van der Waals surface area contributed by atoms with Crippen LogP contribution in [0.2, 0.25) is 0 Å². The highest BCUT2D eigenvalue weighted by Gasteiger charge is 2.47. The minimum absolute atomic E-state index is 0.0287. The van der Waals surface area contributed by atoms with Gasteiger partial charge in [0.2, 0.25) is 5.82 Å². The number of aromatic nitrogens is 3. The van der Waals surface area contributed by atoms with Crippen LogP contribution in [0.4, 0.5) is 30.9 Å². The molecule has 5 heterocycles. The predicted molar refractivity (Wildman–Crippen MR) is 144 cm³/mol. The number of carbonyl (C=O) groups is 1. The fourth-order valence-electron chi connectivity index (χ4n) is 5.46. The average molecular weight is 555 g/mol. The third kappa shape index (κ3) is 5.19. The largest absolute Gasteiger partial charge is 0.490 e. The van der Waals surface area contributed by atoms with E-state index in [9.17, 15) is 9.18 Å². The molecular weight excluding hydrogens is 522 g/mol. The normalized spacial score (nSPS) is 22.3. The van der Waals surface area contributed by atoms with Crippen molar-refractivity contribution in [3.8, 4) is 5.75 Å². The van der Waals surface area contributed by atoms with Gasteiger partial charge in [-0.25, -0.2) is 24.1 Å². The van der Waals surface area contributed by atoms with Crippen molar-refractivity contribution in [1.82, 2.24) is 19.9 Å². The van der Waals surface area contributed by atoms with Crippen molar-refractivity contribution in [1.29, 1.82) is 0 Å². The standard InChI is InChI=1S/C28H32F2N6O4/c1-28(2,3)40-27(37)36-12-17-10-18(36)11-35(17)22-7-5-20-25(34-22)26(32-15-31-20)33-19-4-6-21(24(30)23(19)29)39-14-16-8-9-38-13-16/h4-7,15-18H,8-14H2,1-3H3,(H,31,32,33)/t16-,17-,18-/m0/s1. The smallest absolute Gasteiger partial charge is 0.410 e. The van der Waals surface area contributed by atoms with Crippen molar-refractivity contribution in [2.75, 3.05) is 43.1 Å². The molecule has 6 rings (SSSR count). The van der Waals surface area contributed by atoms with Crippen molar-refractivity contribution in [2.24, 2.45) is 5.92 Å². The van der Waals surface area contributed by atoms with Crippen LogP contribution in [0.5, 0.6) is 5.75 Å². The van der Waals surface area contributed by atoms with Crippen molar-refractivity contribution < 1.29 is 27.8 Å². The molecule has 0 saturated carbocycles. The number of halogens is 2. The molecule has 0 radical (unpaired) electrons. The van der Waals surface area contributed by atoms with Crippen LogP contribution in [-0.2, 0) is 9.47 Å². The number of nitrogens with one attached hydrogen (secondary N) is 1. The average Bonchev–Trinajstić information content (AvgIpc) is 3.68. The number of amides is 1. The molecule has 3 fully saturated rings. The van der Waals surface area contributed by atoms with Gasteiger partial charge in [0.1, 0.15) is 23.3 Å². The predicted octanol–water partition coefficient (Wildman–Crippen LogP) is 4.66. The van der Waals surface area contributed by atoms with Crippen molar-refractivity contribution in [2.45, 2.75) is 51.3 Å². The Labute approximate surface area is 230 Å². The monoisotopic (exact) mass is 554 g/mol. The number of anilines is 3. The molecule has 0 spiro atoms. The van der Waals surface area contributed by atoms with Gasteiger partial charge < -0.3 is 29.3 Å². The van der Waals surface area contributed by atoms with E-state index in [0.29, 0.717) is 43.2 Å². The van der Waals surface area contributed by atoms with E-state index in [1.807, 2.05) is 32.9 Å². The van der Waals surface area contributed by atoms with E-state index in [-0.39, 0.29) is 48.0 Å². The molecule has 3 aromatic rings. The molecule has 0 unspecified atom stereocenters. The topological polar surface area (TPSA) is 102 Å². The Kier molecular flexibility index (Phi) is 6.81. The third-order valence-electron chi connectivity index (χ3n) is 7.43. The molecule has 1 aromatic carbocycles. The highest BCUT2D eigenvalue weighted by atomic mass is 19.2. The van der Waals surface area contributed by atoms with Gasteiger partial charge in [0.15, 0.2) is 17.4 Å². The van der Waals surface area contributed by atoms with Crippen LogP contribution in [0, 0.1) is 17.6 Å². The van der Waals surface area contributed by atoms with Gasteiger partial charge in [0.25, 0.3) is 0 Å². The molecule has 10 nitrogen and oxygen atoms in total. The summed E-state index contributed by atoms with van der Waals surface area (Å²) in [6.07, 6.45) is 2.70. The zero-order valence-corrected chi connectivity index (χ0v) is 22.7. The van der Waals surface area contributed by atoms with Crippen molar-refractivity contribution >= 4 is 34.4 Å². The minimum atomic E-state index is -1.07. The maximum absolute atomic E-state index is 15.0. The van der Waals surface area contributed by atoms with Crippen LogP contribution >= 0.6 is 0 Å². The lowest BCUT2D eigenvalue weighted by atomic mass is 10.1. The fourth-order valence-corrected chi connectivity index (χ4v) is 5.46. The van der Waals surface area contributed by atoms with Crippen LogP contribution in [-0.4, -0.2) is 76.5 Å². The number of rotatable bonds is 6. The zero-order valence-electron chi connectivity index (χ0n) is 22.7. The summed E-state index contributed by atoms with van der Waals surface area (Å²) in [6.45, 7) is 8.20. The van der Waals surface area contributed by atoms with Crippen LogP contribution in [0.15, 0.2) is 30.6 Å². The lowest BCUT2D eigenvalue weighted by Gasteiger charge is -2.35. The third-order valence-corrected chi connectivity index (χ3v) is 7.43. The Morgan fingerprint density at radius 2 is 1.98 bits per heavy atom. The molecule has 3 saturated heterocycles. The maximum Gasteiger partial charge on any atom is 0.410 e. The van der Waals surface area contributed by atoms with Crippen LogP contribution < -0.4 is 15.0 Å². The second-order valence-electron chi connectivity index (χ2n) is 11.5. The Hall–Kier alpha value is -3.80. The first kappa shape index (κ1) is 26.4. The second kappa shape index (κ2) is 10.3. The van der Waals surface area contributed by atoms with Gasteiger partial charge in [-0.1, -0.05) is 0 Å². The summed E-state index contributed by atoms with van der Waals surface area (Å²) in [5.41, 5.74) is 0.339. The van der Waals surface area contributed by atoms with Crippen LogP contribution in [0.25, 0.3) is 11.0 Å². The molecule has 3 atom stereocenters. The summed E-state index contributed by atoms with van der Waals surface area (Å²) in [6, 6.07) is 6.64. The van der Waals surface area contributed by atoms with E-state index >= 15 is 4.39 Å². The quantitative estimate of drug-likeness (QED) is 0.466. The number of pyridine rings is 1. The lowest BCUT2D eigenvalue weighted by Crippen LogP contribution is -2.50. The van der Waals surface area contributed by atoms with Gasteiger partial charge in [-0.3, -0.25) is 0 Å². The number of hydrogen-bond donors (Lipinski definition) is 1. The van der Waals surface area contributed by atoms with Crippen molar-refractivity contribution in [3.05, 3.63) is 42.2 Å². The summed E-state index contributed by atoms with van der Waals surface area (Å²) in [4.78, 5) is 29.9. The Morgan fingerprint density at radius 3 is 2.70 bits per heavy atom. The lowest BCUT2D eigenvalue weighted by molar-refractivity contribution is 0.0214. The van der Waals surface area contributed by atoms with E-state index in [2.05, 4.69) is 20.2 Å². The Bertz CT molecular complexity index is 1430. The van der Waals surface area contributed by atoms with Crippen LogP contribution in [0.3, 0.4) is 0 Å². The van der Waals surface area contributed by atoms with Gasteiger partial charge in [-0.05, 0) is 57.9 Å². The molecule has 2 aromatic heterocycles. The molecule has 40 heavy (non-hydrogen) atoms. The SMILES string of the molecule is CC(C)(C)OC(=O)N1C[C@@H]2C[C@H]1CN2c1ccc2ncnc(Nc3ccc(OC[C@H]4CCOC4)c(F)c3F)c2n1. The minimum Gasteiger partial charge on any atom is -0.490 e. The number of piperazine rings is 1. The molecule has 1 N–H and O–H groups in total. The molecule has 3 aliphatic rings. The summed E-state index contributed by atoms with van der Waals surface area (Å²) in [7, 11) is 0. The summed E-state index contributed by atoms with van der Waals surface area (Å²) >= 11 is 0. The van der Waals surface area contributed by atoms with Crippen LogP contribution in [0.1, 0.15) is 33.6 Å². The number of likely N-dealkylation sites (tertiary alicyclic amines) is 1. The highest BCUT2D eigenvalue weighted by molar-refractivity contribution is 5.88. The molecule has 212 valence electrons. The molecule has 2 bridgehead atoms. The zero-order chi connectivity index (χ0) is 28.0. The Morgan fingerprint density at radius 1 is 1.12 bits per heavy atom. The van der Waals surface area contributed by atoms with E-state index in [1.165, 1.54) is 18.5 Å². The van der Waals surface area contributed by atoms with E-state index in [1.54, 1.807) is 4.90 Å². The number of benzene rings is 1. The van der Waals surface area contributed by atoms with Gasteiger partial charge in [0, 0.05) is 25.6 Å². The summed E-state index contributed by atoms with van der Waals surface area (Å²) in [5, 5.41) is 2.88. The first-order chi connectivity index (χ1) is 19.2. The number of hydrogen-bond acceptors (Lipinski definition) is 9. The molecule has 3 aliphatic heterocycles. The number of nitrogens with zero attached hydrogens (tertiary/aromatic N) is 5. The Balaban J connectivity index is 1.19. The molecule has 12 heteroatoms. The van der Waals surface area contributed by atoms with Gasteiger partial charge in [-0.15, -0.1) is 0 Å². The van der Waals surface area contributed by atoms with Gasteiger partial charge >= 0.3 is 6.09 Å². The molecule has 1 amide bonds. The van der Waals surface area contributed by atoms with Crippen molar-refractivity contribution in [3.63, 3.8) is 0 Å². The fraction of sp³-hybridized carbons (Fsp3) is 0.500. The highest BCUT2D eigenvalue weighted by Crippen LogP contribution is 2.36. The molecule has 0 aliphatic carbocycles. The maximum atomic E-state index is 15.0. The summed E-state index contributed by atoms with van der Waals surface area (Å²) in [5.74, 6) is -1.16. The van der Waals surface area contributed by atoms with Gasteiger partial charge in [0.05, 0.1) is 36.5 Å². The number of fused-ring (bicyclic) bond motifs is 3. The first-order valence-electron chi connectivity index (χ1n) is 13.5.